The van der Waals surface area contributed by atoms with Gasteiger partial charge in [0, 0.05) is 16.8 Å². The first kappa shape index (κ1) is 17.1. The fraction of sp³-hybridized carbons (Fsp3) is 0.444. The Hall–Kier alpha value is -2.70. The Bertz CT molecular complexity index is 758. The zero-order chi connectivity index (χ0) is 18.2. The van der Waals surface area contributed by atoms with E-state index in [-0.39, 0.29) is 23.5 Å². The Labute approximate surface area is 146 Å². The molecule has 2 aliphatic rings. The van der Waals surface area contributed by atoms with Gasteiger partial charge in [-0.2, -0.15) is 4.99 Å². The van der Waals surface area contributed by atoms with E-state index in [2.05, 4.69) is 9.98 Å². The molecule has 1 aliphatic carbocycles. The summed E-state index contributed by atoms with van der Waals surface area (Å²) in [6.45, 7) is 2.95. The smallest absolute Gasteiger partial charge is 0.220 e. The summed E-state index contributed by atoms with van der Waals surface area (Å²) in [6, 6.07) is 5.09. The van der Waals surface area contributed by atoms with Gasteiger partial charge < -0.3 is 11.5 Å². The molecule has 1 aromatic rings. The highest BCUT2D eigenvalue weighted by Gasteiger charge is 2.42. The maximum atomic E-state index is 11.9. The van der Waals surface area contributed by atoms with Gasteiger partial charge in [-0.1, -0.05) is 6.42 Å². The number of aliphatic imine (C=N–C) groups is 2. The molecule has 3 rings (SSSR count). The molecule has 0 radical (unpaired) electrons. The van der Waals surface area contributed by atoms with Crippen molar-refractivity contribution in [1.29, 1.82) is 0 Å². The number of carbonyl (C=O) groups excluding carboxylic acids is 2. The van der Waals surface area contributed by atoms with Crippen LogP contribution in [0.15, 0.2) is 28.2 Å². The summed E-state index contributed by atoms with van der Waals surface area (Å²) in [7, 11) is 0. The molecule has 1 spiro atoms. The fourth-order valence-electron chi connectivity index (χ4n) is 3.64. The molecule has 4 N–H and O–H groups in total. The minimum atomic E-state index is -0.600. The predicted molar refractivity (Wildman–Crippen MR) is 98.0 cm³/mol. The summed E-state index contributed by atoms with van der Waals surface area (Å²) in [4.78, 5) is 34.4. The van der Waals surface area contributed by atoms with Crippen LogP contribution in [-0.4, -0.2) is 29.1 Å². The van der Waals surface area contributed by atoms with E-state index in [9.17, 15) is 9.59 Å². The minimum Gasteiger partial charge on any atom is -0.369 e. The number of guanidine groups is 2. The number of carbonyl (C=O) groups is 2. The second-order valence-corrected chi connectivity index (χ2v) is 6.70. The lowest BCUT2D eigenvalue weighted by atomic mass is 9.87. The van der Waals surface area contributed by atoms with Crippen molar-refractivity contribution in [3.05, 3.63) is 29.3 Å². The number of anilines is 1. The lowest BCUT2D eigenvalue weighted by Crippen LogP contribution is -2.58. The maximum Gasteiger partial charge on any atom is 0.220 e. The normalized spacial score (nSPS) is 19.4. The molecule has 1 heterocycles. The monoisotopic (exact) mass is 341 g/mol. The van der Waals surface area contributed by atoms with Crippen molar-refractivity contribution in [2.24, 2.45) is 21.5 Å². The van der Waals surface area contributed by atoms with Gasteiger partial charge in [0.15, 0.2) is 11.6 Å². The van der Waals surface area contributed by atoms with Gasteiger partial charge in [0.1, 0.15) is 5.66 Å². The number of rotatable bonds is 3. The van der Waals surface area contributed by atoms with Crippen LogP contribution in [0.5, 0.6) is 0 Å². The predicted octanol–water partition coefficient (Wildman–Crippen LogP) is 2.20. The zero-order valence-corrected chi connectivity index (χ0v) is 14.6. The van der Waals surface area contributed by atoms with Crippen molar-refractivity contribution in [3.8, 4) is 0 Å². The number of hydrogen-bond acceptors (Lipinski definition) is 7. The summed E-state index contributed by atoms with van der Waals surface area (Å²) in [5.41, 5.74) is 13.1. The fourth-order valence-corrected chi connectivity index (χ4v) is 3.64. The minimum absolute atomic E-state index is 0.113. The number of ketones is 2. The third-order valence-corrected chi connectivity index (χ3v) is 4.84. The van der Waals surface area contributed by atoms with E-state index < -0.39 is 5.66 Å². The number of nitrogens with two attached hydrogens (primary N) is 2. The highest BCUT2D eigenvalue weighted by Crippen LogP contribution is 2.40. The van der Waals surface area contributed by atoms with Crippen molar-refractivity contribution < 1.29 is 9.59 Å². The van der Waals surface area contributed by atoms with Crippen LogP contribution < -0.4 is 16.4 Å². The molecule has 1 aromatic carbocycles. The Balaban J connectivity index is 2.17. The SMILES string of the molecule is CC(=O)c1cc(C(C)=O)cc(N2C(N)=NC(N)=NC23CCCCC3)c1. The molecule has 132 valence electrons. The van der Waals surface area contributed by atoms with Crippen LogP contribution in [0.1, 0.15) is 66.7 Å². The van der Waals surface area contributed by atoms with Gasteiger partial charge >= 0.3 is 0 Å². The van der Waals surface area contributed by atoms with Crippen LogP contribution in [-0.2, 0) is 0 Å². The molecule has 1 aliphatic heterocycles. The number of Topliss-reactive ketones (excluding diaryl/α,β-unsaturated/α-hetero) is 2. The first-order valence-corrected chi connectivity index (χ1v) is 8.49. The van der Waals surface area contributed by atoms with Crippen molar-refractivity contribution >= 4 is 29.2 Å². The van der Waals surface area contributed by atoms with Gasteiger partial charge in [0.05, 0.1) is 0 Å². The molecule has 0 aromatic heterocycles. The van der Waals surface area contributed by atoms with Crippen LogP contribution >= 0.6 is 0 Å². The van der Waals surface area contributed by atoms with Crippen LogP contribution in [0.25, 0.3) is 0 Å². The molecule has 0 saturated heterocycles. The Morgan fingerprint density at radius 3 is 2.08 bits per heavy atom. The third kappa shape index (κ3) is 3.14. The quantitative estimate of drug-likeness (QED) is 0.818. The van der Waals surface area contributed by atoms with E-state index in [4.69, 9.17) is 11.5 Å². The Morgan fingerprint density at radius 2 is 1.56 bits per heavy atom. The lowest BCUT2D eigenvalue weighted by Gasteiger charge is -2.45. The van der Waals surface area contributed by atoms with Gasteiger partial charge in [0.2, 0.25) is 11.9 Å². The second-order valence-electron chi connectivity index (χ2n) is 6.70. The van der Waals surface area contributed by atoms with Gasteiger partial charge in [-0.05, 0) is 57.7 Å². The van der Waals surface area contributed by atoms with E-state index >= 15 is 0 Å². The lowest BCUT2D eigenvalue weighted by molar-refractivity contribution is 0.101. The molecule has 0 bridgehead atoms. The highest BCUT2D eigenvalue weighted by atomic mass is 16.1. The first-order chi connectivity index (χ1) is 11.8. The zero-order valence-electron chi connectivity index (χ0n) is 14.6. The van der Waals surface area contributed by atoms with Crippen LogP contribution in [0.2, 0.25) is 0 Å². The molecular weight excluding hydrogens is 318 g/mol. The van der Waals surface area contributed by atoms with Crippen LogP contribution in [0, 0.1) is 0 Å². The van der Waals surface area contributed by atoms with Crippen molar-refractivity contribution in [1.82, 2.24) is 0 Å². The van der Waals surface area contributed by atoms with Gasteiger partial charge in [-0.25, -0.2) is 4.99 Å². The molecule has 1 saturated carbocycles. The first-order valence-electron chi connectivity index (χ1n) is 8.49. The molecular formula is C18H23N5O2. The summed E-state index contributed by atoms with van der Waals surface area (Å²) >= 11 is 0. The molecule has 1 fully saturated rings. The summed E-state index contributed by atoms with van der Waals surface area (Å²) < 4.78 is 0. The second kappa shape index (κ2) is 6.31. The molecule has 0 atom stereocenters. The average Bonchev–Trinajstić information content (AvgIpc) is 2.54. The van der Waals surface area contributed by atoms with Crippen LogP contribution in [0.4, 0.5) is 5.69 Å². The van der Waals surface area contributed by atoms with E-state index in [1.54, 1.807) is 18.2 Å². The molecule has 7 heteroatoms. The molecule has 7 nitrogen and oxygen atoms in total. The summed E-state index contributed by atoms with van der Waals surface area (Å²) in [6.07, 6.45) is 4.74. The number of benzene rings is 1. The van der Waals surface area contributed by atoms with E-state index in [1.165, 1.54) is 13.8 Å². The average molecular weight is 341 g/mol. The van der Waals surface area contributed by atoms with Gasteiger partial charge in [-0.15, -0.1) is 0 Å². The Kier molecular flexibility index (Phi) is 4.32. The maximum absolute atomic E-state index is 11.9. The summed E-state index contributed by atoms with van der Waals surface area (Å²) in [5, 5.41) is 0. The number of hydrogen-bond donors (Lipinski definition) is 2. The number of nitrogens with zero attached hydrogens (tertiary/aromatic N) is 3. The van der Waals surface area contributed by atoms with Crippen molar-refractivity contribution in [2.75, 3.05) is 4.90 Å². The Morgan fingerprint density at radius 1 is 1.00 bits per heavy atom. The van der Waals surface area contributed by atoms with Gasteiger partial charge in [0.25, 0.3) is 0 Å². The van der Waals surface area contributed by atoms with Crippen molar-refractivity contribution in [3.63, 3.8) is 0 Å². The van der Waals surface area contributed by atoms with Crippen LogP contribution in [0.3, 0.4) is 0 Å². The van der Waals surface area contributed by atoms with E-state index in [1.807, 2.05) is 4.90 Å². The largest absolute Gasteiger partial charge is 0.369 e. The highest BCUT2D eigenvalue weighted by molar-refractivity contribution is 6.08. The van der Waals surface area contributed by atoms with E-state index in [0.29, 0.717) is 16.8 Å². The van der Waals surface area contributed by atoms with E-state index in [0.717, 1.165) is 32.1 Å². The molecule has 0 amide bonds. The summed E-state index contributed by atoms with van der Waals surface area (Å²) in [5.74, 6) is 0.185. The standard InChI is InChI=1S/C18H23N5O2/c1-11(24)13-8-14(12(2)25)10-15(9-13)23-17(20)21-16(19)22-18(23)6-4-3-5-7-18/h8-10H,3-7H2,1-2H3,(H4,19,20,21,22). The molecule has 0 unspecified atom stereocenters. The van der Waals surface area contributed by atoms with Gasteiger partial charge in [-0.3, -0.25) is 14.5 Å². The van der Waals surface area contributed by atoms with Crippen molar-refractivity contribution in [2.45, 2.75) is 51.6 Å². The topological polar surface area (TPSA) is 114 Å². The third-order valence-electron chi connectivity index (χ3n) is 4.84. The molecule has 25 heavy (non-hydrogen) atoms.